The molecule has 0 radical (unpaired) electrons. The molecule has 7 heteroatoms. The summed E-state index contributed by atoms with van der Waals surface area (Å²) in [5, 5.41) is 7.77. The summed E-state index contributed by atoms with van der Waals surface area (Å²) in [5.74, 6) is -1.80. The van der Waals surface area contributed by atoms with E-state index >= 15 is 0 Å². The molecule has 1 aromatic heterocycles. The van der Waals surface area contributed by atoms with Gasteiger partial charge in [0.15, 0.2) is 0 Å². The zero-order chi connectivity index (χ0) is 18.2. The number of pyridine rings is 1. The van der Waals surface area contributed by atoms with Gasteiger partial charge in [0.2, 0.25) is 5.91 Å². The van der Waals surface area contributed by atoms with Gasteiger partial charge in [-0.05, 0) is 35.9 Å². The van der Waals surface area contributed by atoms with E-state index in [0.717, 1.165) is 5.56 Å². The first kappa shape index (κ1) is 18.1. The lowest BCUT2D eigenvalue weighted by molar-refractivity contribution is -0.136. The van der Waals surface area contributed by atoms with Crippen LogP contribution in [0.2, 0.25) is 0 Å². The fourth-order valence-corrected chi connectivity index (χ4v) is 1.91. The monoisotopic (exact) mass is 340 g/mol. The van der Waals surface area contributed by atoms with Crippen LogP contribution >= 0.6 is 0 Å². The van der Waals surface area contributed by atoms with Gasteiger partial charge < -0.3 is 16.0 Å². The number of rotatable bonds is 5. The molecule has 0 aliphatic rings. The maximum Gasteiger partial charge on any atom is 0.313 e. The van der Waals surface area contributed by atoms with E-state index in [4.69, 9.17) is 0 Å². The Morgan fingerprint density at radius 1 is 0.960 bits per heavy atom. The Labute approximate surface area is 145 Å². The third-order valence-electron chi connectivity index (χ3n) is 3.32. The highest BCUT2D eigenvalue weighted by molar-refractivity contribution is 6.39. The van der Waals surface area contributed by atoms with Crippen molar-refractivity contribution in [2.24, 2.45) is 5.92 Å². The Bertz CT molecular complexity index is 760. The lowest BCUT2D eigenvalue weighted by Crippen LogP contribution is -2.35. The standard InChI is InChI=1S/C18H20N4O3/c1-12(2)16(23)21-14-4-3-5-15(10-14)22-18(25)17(24)20-11-13-6-8-19-9-7-13/h3-10,12H,11H2,1-2H3,(H,20,24)(H,21,23)(H,22,25). The van der Waals surface area contributed by atoms with Gasteiger partial charge in [0.05, 0.1) is 0 Å². The number of anilines is 2. The molecule has 0 saturated carbocycles. The number of amides is 3. The third kappa shape index (κ3) is 5.72. The highest BCUT2D eigenvalue weighted by atomic mass is 16.2. The maximum absolute atomic E-state index is 12.0. The van der Waals surface area contributed by atoms with Crippen molar-refractivity contribution >= 4 is 29.1 Å². The van der Waals surface area contributed by atoms with E-state index in [1.807, 2.05) is 0 Å². The second-order valence-corrected chi connectivity index (χ2v) is 5.72. The van der Waals surface area contributed by atoms with Gasteiger partial charge in [-0.2, -0.15) is 0 Å². The van der Waals surface area contributed by atoms with Crippen molar-refractivity contribution in [3.8, 4) is 0 Å². The highest BCUT2D eigenvalue weighted by Crippen LogP contribution is 2.15. The van der Waals surface area contributed by atoms with Gasteiger partial charge >= 0.3 is 11.8 Å². The molecule has 25 heavy (non-hydrogen) atoms. The average molecular weight is 340 g/mol. The van der Waals surface area contributed by atoms with E-state index < -0.39 is 11.8 Å². The number of aromatic nitrogens is 1. The fraction of sp³-hybridized carbons (Fsp3) is 0.222. The second-order valence-electron chi connectivity index (χ2n) is 5.72. The van der Waals surface area contributed by atoms with Gasteiger partial charge in [-0.15, -0.1) is 0 Å². The van der Waals surface area contributed by atoms with Crippen LogP contribution in [-0.4, -0.2) is 22.7 Å². The minimum Gasteiger partial charge on any atom is -0.344 e. The third-order valence-corrected chi connectivity index (χ3v) is 3.32. The molecular formula is C18H20N4O3. The van der Waals surface area contributed by atoms with Gasteiger partial charge in [-0.1, -0.05) is 19.9 Å². The maximum atomic E-state index is 12.0. The predicted octanol–water partition coefficient (Wildman–Crippen LogP) is 1.93. The number of hydrogen-bond acceptors (Lipinski definition) is 4. The number of nitrogens with zero attached hydrogens (tertiary/aromatic N) is 1. The van der Waals surface area contributed by atoms with E-state index in [9.17, 15) is 14.4 Å². The summed E-state index contributed by atoms with van der Waals surface area (Å²) in [6.07, 6.45) is 3.22. The van der Waals surface area contributed by atoms with Crippen LogP contribution in [-0.2, 0) is 20.9 Å². The quantitative estimate of drug-likeness (QED) is 0.724. The van der Waals surface area contributed by atoms with Crippen LogP contribution in [0.5, 0.6) is 0 Å². The van der Waals surface area contributed by atoms with Crippen molar-refractivity contribution in [3.05, 3.63) is 54.4 Å². The van der Waals surface area contributed by atoms with E-state index in [1.54, 1.807) is 62.6 Å². The Morgan fingerprint density at radius 2 is 1.60 bits per heavy atom. The number of nitrogens with one attached hydrogen (secondary N) is 3. The molecule has 3 amide bonds. The van der Waals surface area contributed by atoms with Crippen LogP contribution < -0.4 is 16.0 Å². The molecule has 1 heterocycles. The first-order valence-corrected chi connectivity index (χ1v) is 7.84. The number of carbonyl (C=O) groups excluding carboxylic acids is 3. The molecule has 7 nitrogen and oxygen atoms in total. The second kappa shape index (κ2) is 8.58. The Balaban J connectivity index is 1.91. The molecule has 130 valence electrons. The summed E-state index contributed by atoms with van der Waals surface area (Å²) < 4.78 is 0. The predicted molar refractivity (Wildman–Crippen MR) is 94.6 cm³/mol. The van der Waals surface area contributed by atoms with Crippen molar-refractivity contribution in [2.75, 3.05) is 10.6 Å². The first-order chi connectivity index (χ1) is 12.0. The van der Waals surface area contributed by atoms with Crippen molar-refractivity contribution in [1.82, 2.24) is 10.3 Å². The molecule has 0 unspecified atom stereocenters. The topological polar surface area (TPSA) is 100 Å². The summed E-state index contributed by atoms with van der Waals surface area (Å²) in [5.41, 5.74) is 1.81. The van der Waals surface area contributed by atoms with E-state index in [1.165, 1.54) is 0 Å². The van der Waals surface area contributed by atoms with Crippen LogP contribution in [0.15, 0.2) is 48.8 Å². The normalized spacial score (nSPS) is 10.2. The van der Waals surface area contributed by atoms with Crippen molar-refractivity contribution in [3.63, 3.8) is 0 Å². The van der Waals surface area contributed by atoms with Crippen LogP contribution in [0.1, 0.15) is 19.4 Å². The van der Waals surface area contributed by atoms with Gasteiger partial charge in [-0.3, -0.25) is 19.4 Å². The fourth-order valence-electron chi connectivity index (χ4n) is 1.91. The van der Waals surface area contributed by atoms with Gasteiger partial charge in [0, 0.05) is 36.2 Å². The molecule has 0 bridgehead atoms. The van der Waals surface area contributed by atoms with Crippen molar-refractivity contribution in [2.45, 2.75) is 20.4 Å². The summed E-state index contributed by atoms with van der Waals surface area (Å²) in [6.45, 7) is 3.81. The lowest BCUT2D eigenvalue weighted by Gasteiger charge is -2.10. The average Bonchev–Trinajstić information content (AvgIpc) is 2.60. The number of benzene rings is 1. The van der Waals surface area contributed by atoms with E-state index in [0.29, 0.717) is 11.4 Å². The van der Waals surface area contributed by atoms with E-state index in [-0.39, 0.29) is 18.4 Å². The lowest BCUT2D eigenvalue weighted by atomic mass is 10.2. The van der Waals surface area contributed by atoms with Crippen molar-refractivity contribution < 1.29 is 14.4 Å². The molecule has 1 aromatic carbocycles. The first-order valence-electron chi connectivity index (χ1n) is 7.84. The molecular weight excluding hydrogens is 320 g/mol. The molecule has 0 spiro atoms. The molecule has 0 aliphatic heterocycles. The van der Waals surface area contributed by atoms with Crippen LogP contribution in [0.3, 0.4) is 0 Å². The smallest absolute Gasteiger partial charge is 0.313 e. The minimum atomic E-state index is -0.776. The van der Waals surface area contributed by atoms with Crippen molar-refractivity contribution in [1.29, 1.82) is 0 Å². The van der Waals surface area contributed by atoms with Crippen LogP contribution in [0.25, 0.3) is 0 Å². The van der Waals surface area contributed by atoms with Gasteiger partial charge in [0.25, 0.3) is 0 Å². The largest absolute Gasteiger partial charge is 0.344 e. The Kier molecular flexibility index (Phi) is 6.22. The highest BCUT2D eigenvalue weighted by Gasteiger charge is 2.14. The van der Waals surface area contributed by atoms with E-state index in [2.05, 4.69) is 20.9 Å². The summed E-state index contributed by atoms with van der Waals surface area (Å²) in [6, 6.07) is 10.1. The van der Waals surface area contributed by atoms with Crippen LogP contribution in [0, 0.1) is 5.92 Å². The van der Waals surface area contributed by atoms with Crippen LogP contribution in [0.4, 0.5) is 11.4 Å². The summed E-state index contributed by atoms with van der Waals surface area (Å²) in [4.78, 5) is 39.4. The van der Waals surface area contributed by atoms with Gasteiger partial charge in [-0.25, -0.2) is 0 Å². The molecule has 3 N–H and O–H groups in total. The zero-order valence-electron chi connectivity index (χ0n) is 14.1. The number of carbonyl (C=O) groups is 3. The molecule has 0 atom stereocenters. The number of hydrogen-bond donors (Lipinski definition) is 3. The Hall–Kier alpha value is -3.22. The minimum absolute atomic E-state index is 0.126. The summed E-state index contributed by atoms with van der Waals surface area (Å²) >= 11 is 0. The van der Waals surface area contributed by atoms with Gasteiger partial charge in [0.1, 0.15) is 0 Å². The molecule has 0 saturated heterocycles. The molecule has 2 rings (SSSR count). The zero-order valence-corrected chi connectivity index (χ0v) is 14.1. The molecule has 0 aliphatic carbocycles. The molecule has 0 fully saturated rings. The SMILES string of the molecule is CC(C)C(=O)Nc1cccc(NC(=O)C(=O)NCc2ccncc2)c1. The summed E-state index contributed by atoms with van der Waals surface area (Å²) in [7, 11) is 0. The Morgan fingerprint density at radius 3 is 2.24 bits per heavy atom. The molecule has 2 aromatic rings.